The van der Waals surface area contributed by atoms with Crippen molar-refractivity contribution >= 4 is 23.7 Å². The number of pyridine rings is 1. The van der Waals surface area contributed by atoms with Crippen LogP contribution in [0, 0.1) is 0 Å². The van der Waals surface area contributed by atoms with Crippen molar-refractivity contribution in [3.63, 3.8) is 0 Å². The molecule has 218 valence electrons. The summed E-state index contributed by atoms with van der Waals surface area (Å²) in [5.41, 5.74) is 1.11. The fraction of sp³-hybridized carbons (Fsp3) is 0.552. The van der Waals surface area contributed by atoms with Crippen LogP contribution in [0.15, 0.2) is 36.8 Å². The van der Waals surface area contributed by atoms with Gasteiger partial charge in [-0.15, -0.1) is 0 Å². The summed E-state index contributed by atoms with van der Waals surface area (Å²) in [6, 6.07) is 5.71. The standard InChI is InChI=1S/C29H37N7O5/c1-28(2,3)41-27(38)35-15-11-29(4,18-35)40-26(37)32-19-9-13-34(17-19)23-10-14-36-24(33-23)22(16-31-36)21-6-5-12-30-25(21)39-20-7-8-20/h5-6,10,12,14,16,19-20H,7-9,11,13,15,17-18H2,1-4H3,(H,32,37)/t19-,29-/m1/s1. The van der Waals surface area contributed by atoms with Crippen molar-refractivity contribution < 1.29 is 23.8 Å². The Morgan fingerprint density at radius 3 is 2.73 bits per heavy atom. The second-order valence-corrected chi connectivity index (χ2v) is 12.4. The Morgan fingerprint density at radius 2 is 1.95 bits per heavy atom. The van der Waals surface area contributed by atoms with Gasteiger partial charge >= 0.3 is 12.2 Å². The Kier molecular flexibility index (Phi) is 6.87. The van der Waals surface area contributed by atoms with E-state index in [2.05, 4.69) is 20.3 Å². The van der Waals surface area contributed by atoms with E-state index in [9.17, 15) is 9.59 Å². The molecule has 2 saturated heterocycles. The normalized spacial score (nSPS) is 22.7. The van der Waals surface area contributed by atoms with Gasteiger partial charge in [0.2, 0.25) is 5.88 Å². The number of nitrogens with one attached hydrogen (secondary N) is 1. The zero-order valence-electron chi connectivity index (χ0n) is 24.0. The molecule has 12 heteroatoms. The lowest BCUT2D eigenvalue weighted by Gasteiger charge is -2.27. The Hall–Kier alpha value is -4.09. The third-order valence-electron chi connectivity index (χ3n) is 7.48. The number of hydrogen-bond acceptors (Lipinski definition) is 9. The summed E-state index contributed by atoms with van der Waals surface area (Å²) in [5, 5.41) is 7.49. The lowest BCUT2D eigenvalue weighted by Crippen LogP contribution is -2.44. The first-order valence-corrected chi connectivity index (χ1v) is 14.2. The van der Waals surface area contributed by atoms with Gasteiger partial charge in [0.1, 0.15) is 23.1 Å². The molecule has 3 aliphatic rings. The van der Waals surface area contributed by atoms with Crippen LogP contribution in [0.5, 0.6) is 5.88 Å². The van der Waals surface area contributed by atoms with E-state index in [1.165, 1.54) is 0 Å². The maximum atomic E-state index is 12.8. The predicted octanol–water partition coefficient (Wildman–Crippen LogP) is 4.04. The summed E-state index contributed by atoms with van der Waals surface area (Å²) in [5.74, 6) is 1.41. The number of carbonyl (C=O) groups excluding carboxylic acids is 2. The van der Waals surface area contributed by atoms with E-state index in [0.29, 0.717) is 31.9 Å². The molecule has 3 aromatic rings. The highest BCUT2D eigenvalue weighted by Gasteiger charge is 2.41. The molecular formula is C29H37N7O5. The van der Waals surface area contributed by atoms with Crippen molar-refractivity contribution in [2.75, 3.05) is 31.1 Å². The van der Waals surface area contributed by atoms with Gasteiger partial charge in [-0.2, -0.15) is 5.10 Å². The van der Waals surface area contributed by atoms with E-state index in [-0.39, 0.29) is 12.1 Å². The van der Waals surface area contributed by atoms with Crippen LogP contribution < -0.4 is 15.0 Å². The van der Waals surface area contributed by atoms with Crippen LogP contribution in [0.25, 0.3) is 16.8 Å². The fourth-order valence-corrected chi connectivity index (χ4v) is 5.26. The number of carbonyl (C=O) groups is 2. The maximum Gasteiger partial charge on any atom is 0.410 e. The summed E-state index contributed by atoms with van der Waals surface area (Å²) in [4.78, 5) is 38.4. The van der Waals surface area contributed by atoms with E-state index >= 15 is 0 Å². The van der Waals surface area contributed by atoms with Crippen LogP contribution in [0.4, 0.5) is 15.4 Å². The monoisotopic (exact) mass is 563 g/mol. The smallest absolute Gasteiger partial charge is 0.410 e. The minimum absolute atomic E-state index is 0.0891. The second kappa shape index (κ2) is 10.4. The van der Waals surface area contributed by atoms with Gasteiger partial charge < -0.3 is 29.3 Å². The number of ether oxygens (including phenoxy) is 3. The van der Waals surface area contributed by atoms with Crippen molar-refractivity contribution in [2.45, 2.75) is 76.7 Å². The quantitative estimate of drug-likeness (QED) is 0.473. The number of hydrogen-bond donors (Lipinski definition) is 1. The van der Waals surface area contributed by atoms with Crippen LogP contribution in [0.2, 0.25) is 0 Å². The molecule has 0 radical (unpaired) electrons. The summed E-state index contributed by atoms with van der Waals surface area (Å²) in [6.45, 7) is 9.47. The SMILES string of the molecule is CC(C)(C)OC(=O)N1CC[C@@](C)(OC(=O)N[C@@H]2CCN(c3ccn4ncc(-c5cccnc5OC5CC5)c4n3)C2)C1. The van der Waals surface area contributed by atoms with Crippen LogP contribution >= 0.6 is 0 Å². The number of fused-ring (bicyclic) bond motifs is 1. The molecule has 2 atom stereocenters. The minimum Gasteiger partial charge on any atom is -0.474 e. The van der Waals surface area contributed by atoms with E-state index < -0.39 is 23.4 Å². The number of amides is 2. The van der Waals surface area contributed by atoms with Crippen molar-refractivity contribution in [3.8, 4) is 17.0 Å². The molecule has 5 heterocycles. The van der Waals surface area contributed by atoms with Crippen LogP contribution in [-0.4, -0.2) is 86.2 Å². The fourth-order valence-electron chi connectivity index (χ4n) is 5.26. The third kappa shape index (κ3) is 6.15. The van der Waals surface area contributed by atoms with Gasteiger partial charge in [-0.25, -0.2) is 24.1 Å². The largest absolute Gasteiger partial charge is 0.474 e. The highest BCUT2D eigenvalue weighted by Crippen LogP contribution is 2.35. The van der Waals surface area contributed by atoms with E-state index in [4.69, 9.17) is 19.2 Å². The molecule has 2 amide bonds. The predicted molar refractivity (Wildman–Crippen MR) is 151 cm³/mol. The van der Waals surface area contributed by atoms with Gasteiger partial charge in [0.25, 0.3) is 0 Å². The molecule has 0 spiro atoms. The van der Waals surface area contributed by atoms with Gasteiger partial charge in [-0.3, -0.25) is 0 Å². The molecule has 41 heavy (non-hydrogen) atoms. The molecular weight excluding hydrogens is 526 g/mol. The summed E-state index contributed by atoms with van der Waals surface area (Å²) in [6.07, 6.45) is 8.20. The number of nitrogens with zero attached hydrogens (tertiary/aromatic N) is 6. The van der Waals surface area contributed by atoms with E-state index in [0.717, 1.165) is 48.4 Å². The van der Waals surface area contributed by atoms with Gasteiger partial charge in [0.15, 0.2) is 5.65 Å². The molecule has 2 aliphatic heterocycles. The third-order valence-corrected chi connectivity index (χ3v) is 7.48. The van der Waals surface area contributed by atoms with Crippen molar-refractivity contribution in [1.29, 1.82) is 0 Å². The molecule has 12 nitrogen and oxygen atoms in total. The van der Waals surface area contributed by atoms with Gasteiger partial charge in [0.05, 0.1) is 24.3 Å². The number of rotatable bonds is 6. The summed E-state index contributed by atoms with van der Waals surface area (Å²) >= 11 is 0. The lowest BCUT2D eigenvalue weighted by molar-refractivity contribution is 0.0109. The van der Waals surface area contributed by atoms with Crippen LogP contribution in [0.3, 0.4) is 0 Å². The van der Waals surface area contributed by atoms with E-state index in [1.54, 1.807) is 21.8 Å². The average Bonchev–Trinajstić information content (AvgIpc) is 3.27. The average molecular weight is 564 g/mol. The topological polar surface area (TPSA) is 123 Å². The van der Waals surface area contributed by atoms with Crippen LogP contribution in [0.1, 0.15) is 53.4 Å². The molecule has 0 unspecified atom stereocenters. The first-order chi connectivity index (χ1) is 19.6. The Labute approximate surface area is 239 Å². The first-order valence-electron chi connectivity index (χ1n) is 14.2. The van der Waals surface area contributed by atoms with Gasteiger partial charge in [-0.05, 0) is 65.2 Å². The zero-order valence-corrected chi connectivity index (χ0v) is 24.0. The number of likely N-dealkylation sites (tertiary alicyclic amines) is 1. The first kappa shape index (κ1) is 27.1. The summed E-state index contributed by atoms with van der Waals surface area (Å²) in [7, 11) is 0. The molecule has 1 aliphatic carbocycles. The Bertz CT molecular complexity index is 1450. The van der Waals surface area contributed by atoms with Crippen molar-refractivity contribution in [2.24, 2.45) is 0 Å². The summed E-state index contributed by atoms with van der Waals surface area (Å²) < 4.78 is 19.1. The molecule has 6 rings (SSSR count). The number of alkyl carbamates (subject to hydrolysis) is 1. The van der Waals surface area contributed by atoms with E-state index in [1.807, 2.05) is 52.1 Å². The number of anilines is 1. The van der Waals surface area contributed by atoms with Crippen molar-refractivity contribution in [1.82, 2.24) is 29.8 Å². The lowest BCUT2D eigenvalue weighted by atomic mass is 10.1. The molecule has 1 saturated carbocycles. The zero-order chi connectivity index (χ0) is 28.8. The van der Waals surface area contributed by atoms with Crippen LogP contribution in [-0.2, 0) is 9.47 Å². The highest BCUT2D eigenvalue weighted by molar-refractivity contribution is 5.80. The molecule has 0 aromatic carbocycles. The van der Waals surface area contributed by atoms with Gasteiger partial charge in [0, 0.05) is 44.0 Å². The second-order valence-electron chi connectivity index (χ2n) is 12.4. The molecule has 3 aromatic heterocycles. The van der Waals surface area contributed by atoms with Crippen molar-refractivity contribution in [3.05, 3.63) is 36.8 Å². The highest BCUT2D eigenvalue weighted by atomic mass is 16.6. The maximum absolute atomic E-state index is 12.8. The Balaban J connectivity index is 1.08. The minimum atomic E-state index is -0.765. The molecule has 0 bridgehead atoms. The Morgan fingerprint density at radius 1 is 1.12 bits per heavy atom. The molecule has 1 N–H and O–H groups in total. The molecule has 3 fully saturated rings. The number of aromatic nitrogens is 4. The van der Waals surface area contributed by atoms with Gasteiger partial charge in [-0.1, -0.05) is 0 Å².